The molecule has 5 aromatic rings. The number of carbonyl (C=O) groups is 1. The Hall–Kier alpha value is -4.05. The van der Waals surface area contributed by atoms with Gasteiger partial charge in [0.1, 0.15) is 5.82 Å². The van der Waals surface area contributed by atoms with Crippen molar-refractivity contribution in [2.45, 2.75) is 20.4 Å². The molecule has 0 saturated heterocycles. The Balaban J connectivity index is 1.40. The smallest absolute Gasteiger partial charge is 0.262 e. The molecule has 4 heterocycles. The fraction of sp³-hybridized carbons (Fsp3) is 0.154. The zero-order chi connectivity index (χ0) is 25.1. The standard InChI is InChI=1S/C26H21BrFN7O/c1-13-10-30-26(31-21-9-14(2)34(3)33-21)32-23(13)16-11-29-24-15(16)5-4-6-20(24)35-12-17-18(27)7-8-19(28)22(17)25(35)36/h4-11,29H,12H2,1-3H3,(H,30,31,32,33). The number of aromatic amines is 1. The first-order valence-corrected chi connectivity index (χ1v) is 12.1. The van der Waals surface area contributed by atoms with Crippen LogP contribution in [0.1, 0.15) is 27.2 Å². The van der Waals surface area contributed by atoms with Crippen molar-refractivity contribution < 1.29 is 9.18 Å². The topological polar surface area (TPSA) is 91.7 Å². The Kier molecular flexibility index (Phi) is 5.15. The van der Waals surface area contributed by atoms with Crippen LogP contribution < -0.4 is 10.2 Å². The van der Waals surface area contributed by atoms with E-state index in [1.807, 2.05) is 51.4 Å². The van der Waals surface area contributed by atoms with Crippen LogP contribution in [-0.4, -0.2) is 30.6 Å². The van der Waals surface area contributed by atoms with Gasteiger partial charge in [-0.2, -0.15) is 5.10 Å². The van der Waals surface area contributed by atoms with Crippen LogP contribution in [0.3, 0.4) is 0 Å². The normalized spacial score (nSPS) is 13.0. The summed E-state index contributed by atoms with van der Waals surface area (Å²) >= 11 is 3.46. The number of carbonyl (C=O) groups excluding carboxylic acids is 1. The summed E-state index contributed by atoms with van der Waals surface area (Å²) < 4.78 is 17.0. The highest BCUT2D eigenvalue weighted by Gasteiger charge is 2.34. The summed E-state index contributed by atoms with van der Waals surface area (Å²) in [6, 6.07) is 10.6. The van der Waals surface area contributed by atoms with E-state index in [1.54, 1.807) is 21.8 Å². The Bertz CT molecular complexity index is 1670. The number of nitrogens with one attached hydrogen (secondary N) is 2. The lowest BCUT2D eigenvalue weighted by atomic mass is 10.1. The van der Waals surface area contributed by atoms with Gasteiger partial charge in [-0.15, -0.1) is 0 Å². The Morgan fingerprint density at radius 2 is 2.03 bits per heavy atom. The maximum absolute atomic E-state index is 14.5. The van der Waals surface area contributed by atoms with Gasteiger partial charge in [-0.05, 0) is 37.6 Å². The van der Waals surface area contributed by atoms with Crippen LogP contribution in [-0.2, 0) is 13.6 Å². The zero-order valence-electron chi connectivity index (χ0n) is 19.7. The lowest BCUT2D eigenvalue weighted by molar-refractivity contribution is 0.0993. The van der Waals surface area contributed by atoms with Gasteiger partial charge in [0.05, 0.1) is 29.0 Å². The van der Waals surface area contributed by atoms with Gasteiger partial charge in [-0.25, -0.2) is 14.4 Å². The molecule has 6 rings (SSSR count). The molecule has 8 nitrogen and oxygen atoms in total. The van der Waals surface area contributed by atoms with E-state index in [2.05, 4.69) is 36.3 Å². The predicted molar refractivity (Wildman–Crippen MR) is 140 cm³/mol. The van der Waals surface area contributed by atoms with Gasteiger partial charge in [-0.3, -0.25) is 9.48 Å². The summed E-state index contributed by atoms with van der Waals surface area (Å²) in [5.74, 6) is 0.226. The van der Waals surface area contributed by atoms with Crippen LogP contribution in [0.15, 0.2) is 53.3 Å². The summed E-state index contributed by atoms with van der Waals surface area (Å²) in [4.78, 5) is 27.3. The van der Waals surface area contributed by atoms with Crippen LogP contribution >= 0.6 is 15.9 Å². The molecule has 0 spiro atoms. The lowest BCUT2D eigenvalue weighted by Crippen LogP contribution is -2.23. The highest BCUT2D eigenvalue weighted by molar-refractivity contribution is 9.10. The maximum Gasteiger partial charge on any atom is 0.262 e. The number of aromatic nitrogens is 5. The van der Waals surface area contributed by atoms with Crippen molar-refractivity contribution in [1.29, 1.82) is 0 Å². The van der Waals surface area contributed by atoms with Gasteiger partial charge in [-0.1, -0.05) is 28.1 Å². The van der Waals surface area contributed by atoms with Gasteiger partial charge >= 0.3 is 0 Å². The molecule has 36 heavy (non-hydrogen) atoms. The molecule has 10 heteroatoms. The summed E-state index contributed by atoms with van der Waals surface area (Å²) in [7, 11) is 1.88. The molecule has 1 amide bonds. The number of aryl methyl sites for hydroxylation is 3. The van der Waals surface area contributed by atoms with Crippen LogP contribution in [0, 0.1) is 19.7 Å². The number of fused-ring (bicyclic) bond motifs is 2. The van der Waals surface area contributed by atoms with E-state index < -0.39 is 5.82 Å². The number of anilines is 3. The molecule has 2 aromatic carbocycles. The molecule has 0 bridgehead atoms. The van der Waals surface area contributed by atoms with E-state index in [0.717, 1.165) is 33.4 Å². The monoisotopic (exact) mass is 545 g/mol. The van der Waals surface area contributed by atoms with E-state index in [-0.39, 0.29) is 18.0 Å². The van der Waals surface area contributed by atoms with Gasteiger partial charge in [0.15, 0.2) is 5.82 Å². The number of rotatable bonds is 4. The Labute approximate surface area is 214 Å². The predicted octanol–water partition coefficient (Wildman–Crippen LogP) is 5.78. The molecule has 0 fully saturated rings. The third kappa shape index (κ3) is 3.48. The molecule has 180 valence electrons. The van der Waals surface area contributed by atoms with Crippen LogP contribution in [0.5, 0.6) is 0 Å². The van der Waals surface area contributed by atoms with Gasteiger partial charge in [0.25, 0.3) is 5.91 Å². The molecular weight excluding hydrogens is 525 g/mol. The van der Waals surface area contributed by atoms with Crippen LogP contribution in [0.2, 0.25) is 0 Å². The van der Waals surface area contributed by atoms with Crippen molar-refractivity contribution >= 4 is 50.2 Å². The summed E-state index contributed by atoms with van der Waals surface area (Å²) in [6.45, 7) is 4.21. The molecule has 0 unspecified atom stereocenters. The third-order valence-electron chi connectivity index (χ3n) is 6.54. The maximum atomic E-state index is 14.5. The second-order valence-corrected chi connectivity index (χ2v) is 9.68. The second-order valence-electron chi connectivity index (χ2n) is 8.82. The van der Waals surface area contributed by atoms with Crippen molar-refractivity contribution in [3.05, 3.63) is 81.5 Å². The van der Waals surface area contributed by atoms with E-state index >= 15 is 0 Å². The first-order valence-electron chi connectivity index (χ1n) is 11.3. The number of hydrogen-bond donors (Lipinski definition) is 2. The van der Waals surface area contributed by atoms with E-state index in [4.69, 9.17) is 4.98 Å². The van der Waals surface area contributed by atoms with Gasteiger partial charge in [0, 0.05) is 52.2 Å². The average molecular weight is 546 g/mol. The molecule has 1 aliphatic rings. The van der Waals surface area contributed by atoms with Crippen molar-refractivity contribution in [1.82, 2.24) is 24.7 Å². The van der Waals surface area contributed by atoms with Gasteiger partial charge < -0.3 is 15.2 Å². The summed E-state index contributed by atoms with van der Waals surface area (Å²) in [6.07, 6.45) is 3.65. The van der Waals surface area contributed by atoms with E-state index in [1.165, 1.54) is 6.07 Å². The molecule has 0 atom stereocenters. The first-order chi connectivity index (χ1) is 17.3. The minimum atomic E-state index is -0.514. The Morgan fingerprint density at radius 3 is 2.78 bits per heavy atom. The minimum absolute atomic E-state index is 0.111. The van der Waals surface area contributed by atoms with Gasteiger partial charge in [0.2, 0.25) is 5.95 Å². The number of H-pyrrole nitrogens is 1. The average Bonchev–Trinajstić information content (AvgIpc) is 3.53. The number of nitrogens with zero attached hydrogens (tertiary/aromatic N) is 5. The SMILES string of the molecule is Cc1cnc(Nc2cc(C)n(C)n2)nc1-c1c[nH]c2c(N3Cc4c(Br)ccc(F)c4C3=O)cccc12. The minimum Gasteiger partial charge on any atom is -0.359 e. The van der Waals surface area contributed by atoms with Crippen molar-refractivity contribution in [2.75, 3.05) is 10.2 Å². The molecule has 0 aliphatic carbocycles. The molecule has 2 N–H and O–H groups in total. The zero-order valence-corrected chi connectivity index (χ0v) is 21.3. The van der Waals surface area contributed by atoms with Crippen molar-refractivity contribution in [3.63, 3.8) is 0 Å². The first kappa shape index (κ1) is 22.4. The molecule has 1 aliphatic heterocycles. The number of halogens is 2. The number of amides is 1. The Morgan fingerprint density at radius 1 is 1.19 bits per heavy atom. The fourth-order valence-electron chi connectivity index (χ4n) is 4.61. The molecule has 3 aromatic heterocycles. The van der Waals surface area contributed by atoms with Crippen LogP contribution in [0.25, 0.3) is 22.2 Å². The highest BCUT2D eigenvalue weighted by atomic mass is 79.9. The van der Waals surface area contributed by atoms with E-state index in [0.29, 0.717) is 27.5 Å². The lowest BCUT2D eigenvalue weighted by Gasteiger charge is -2.17. The molecular formula is C26H21BrFN7O. The quantitative estimate of drug-likeness (QED) is 0.298. The van der Waals surface area contributed by atoms with Crippen LogP contribution in [0.4, 0.5) is 21.8 Å². The van der Waals surface area contributed by atoms with Crippen molar-refractivity contribution in [3.8, 4) is 11.3 Å². The van der Waals surface area contributed by atoms with E-state index in [9.17, 15) is 9.18 Å². The second kappa shape index (κ2) is 8.27. The number of hydrogen-bond acceptors (Lipinski definition) is 5. The molecule has 0 saturated carbocycles. The third-order valence-corrected chi connectivity index (χ3v) is 7.29. The summed E-state index contributed by atoms with van der Waals surface area (Å²) in [5.41, 5.74) is 5.77. The summed E-state index contributed by atoms with van der Waals surface area (Å²) in [5, 5.41) is 8.48. The fourth-order valence-corrected chi connectivity index (χ4v) is 5.07. The van der Waals surface area contributed by atoms with Crippen molar-refractivity contribution in [2.24, 2.45) is 7.05 Å². The molecule has 0 radical (unpaired) electrons. The number of benzene rings is 2. The largest absolute Gasteiger partial charge is 0.359 e. The highest BCUT2D eigenvalue weighted by Crippen LogP contribution is 2.39. The number of para-hydroxylation sites is 1.